The molecule has 0 aromatic heterocycles. The first-order valence-corrected chi connectivity index (χ1v) is 17.8. The molecule has 3 saturated heterocycles. The van der Waals surface area contributed by atoms with Crippen LogP contribution in [-0.4, -0.2) is 74.9 Å². The molecular formula is C38H54N4O4. The van der Waals surface area contributed by atoms with E-state index in [1.807, 2.05) is 13.0 Å². The van der Waals surface area contributed by atoms with Crippen LogP contribution in [0.1, 0.15) is 86.7 Å². The smallest absolute Gasteiger partial charge is 0.251 e. The van der Waals surface area contributed by atoms with Crippen molar-refractivity contribution in [3.63, 3.8) is 0 Å². The zero-order valence-corrected chi connectivity index (χ0v) is 28.2. The Kier molecular flexibility index (Phi) is 10.7. The van der Waals surface area contributed by atoms with Crippen molar-refractivity contribution in [3.8, 4) is 11.1 Å². The lowest BCUT2D eigenvalue weighted by Crippen LogP contribution is -2.61. The molecule has 4 aliphatic rings. The van der Waals surface area contributed by atoms with Crippen LogP contribution in [0.15, 0.2) is 36.4 Å². The molecule has 0 bridgehead atoms. The number of ether oxygens (including phenoxy) is 2. The van der Waals surface area contributed by atoms with Crippen LogP contribution in [0.5, 0.6) is 0 Å². The van der Waals surface area contributed by atoms with Crippen LogP contribution in [-0.2, 0) is 20.8 Å². The number of amides is 2. The second-order valence-electron chi connectivity index (χ2n) is 14.3. The second kappa shape index (κ2) is 14.9. The third-order valence-electron chi connectivity index (χ3n) is 11.6. The standard InChI is InChI=1S/C38H54N4O4/c1-26-33(36(43)39-24-34-27(2)38(28(3)40-37(34)44)14-6-4-5-7-15-38)22-31(23-35(26)41-32-12-18-45-19-13-32)30-10-8-29(9-11-30)25-42-16-20-46-21-17-42/h8-11,22-23,27-28,32,34,41H,4-7,12-21,24-25H2,1-3H3,(H,39,43)(H,40,44). The highest BCUT2D eigenvalue weighted by Crippen LogP contribution is 2.49. The lowest BCUT2D eigenvalue weighted by atomic mass is 9.59. The highest BCUT2D eigenvalue weighted by atomic mass is 16.5. The quantitative estimate of drug-likeness (QED) is 0.335. The third-order valence-corrected chi connectivity index (χ3v) is 11.6. The summed E-state index contributed by atoms with van der Waals surface area (Å²) in [5.74, 6) is -0.0732. The minimum Gasteiger partial charge on any atom is -0.382 e. The van der Waals surface area contributed by atoms with Gasteiger partial charge < -0.3 is 25.4 Å². The van der Waals surface area contributed by atoms with Gasteiger partial charge in [-0.25, -0.2) is 0 Å². The molecule has 3 N–H and O–H groups in total. The summed E-state index contributed by atoms with van der Waals surface area (Å²) in [4.78, 5) is 29.7. The van der Waals surface area contributed by atoms with Gasteiger partial charge in [-0.3, -0.25) is 14.5 Å². The summed E-state index contributed by atoms with van der Waals surface area (Å²) in [6.45, 7) is 12.7. The fourth-order valence-electron chi connectivity index (χ4n) is 8.48. The number of benzene rings is 2. The summed E-state index contributed by atoms with van der Waals surface area (Å²) in [6, 6.07) is 13.4. The van der Waals surface area contributed by atoms with Gasteiger partial charge in [0.25, 0.3) is 5.91 Å². The van der Waals surface area contributed by atoms with Gasteiger partial charge in [0.1, 0.15) is 0 Å². The maximum Gasteiger partial charge on any atom is 0.251 e. The third kappa shape index (κ3) is 7.29. The first-order chi connectivity index (χ1) is 22.3. The van der Waals surface area contributed by atoms with Crippen molar-refractivity contribution in [1.82, 2.24) is 15.5 Å². The van der Waals surface area contributed by atoms with Gasteiger partial charge in [-0.2, -0.15) is 0 Å². The minimum atomic E-state index is -0.236. The van der Waals surface area contributed by atoms with Gasteiger partial charge in [0, 0.05) is 62.7 Å². The summed E-state index contributed by atoms with van der Waals surface area (Å²) >= 11 is 0. The topological polar surface area (TPSA) is 91.9 Å². The molecule has 46 heavy (non-hydrogen) atoms. The van der Waals surface area contributed by atoms with Crippen molar-refractivity contribution in [2.24, 2.45) is 17.3 Å². The van der Waals surface area contributed by atoms with Gasteiger partial charge in [0.15, 0.2) is 0 Å². The highest BCUT2D eigenvalue weighted by Gasteiger charge is 2.50. The largest absolute Gasteiger partial charge is 0.382 e. The average Bonchev–Trinajstić information content (AvgIpc) is 3.33. The Morgan fingerprint density at radius 1 is 0.935 bits per heavy atom. The monoisotopic (exact) mass is 630 g/mol. The lowest BCUT2D eigenvalue weighted by molar-refractivity contribution is -0.137. The molecule has 3 aliphatic heterocycles. The predicted molar refractivity (Wildman–Crippen MR) is 183 cm³/mol. The lowest BCUT2D eigenvalue weighted by Gasteiger charge is -2.51. The molecule has 2 aromatic carbocycles. The summed E-state index contributed by atoms with van der Waals surface area (Å²) in [5, 5.41) is 10.3. The molecule has 0 radical (unpaired) electrons. The van der Waals surface area contributed by atoms with Crippen molar-refractivity contribution in [2.45, 2.75) is 90.8 Å². The van der Waals surface area contributed by atoms with Crippen LogP contribution >= 0.6 is 0 Å². The summed E-state index contributed by atoms with van der Waals surface area (Å²) < 4.78 is 11.1. The number of morpholine rings is 1. The van der Waals surface area contributed by atoms with E-state index in [1.54, 1.807) is 0 Å². The number of piperidine rings is 1. The van der Waals surface area contributed by atoms with Crippen molar-refractivity contribution < 1.29 is 19.1 Å². The minimum absolute atomic E-state index is 0.0692. The van der Waals surface area contributed by atoms with Crippen molar-refractivity contribution in [2.75, 3.05) is 51.4 Å². The zero-order chi connectivity index (χ0) is 32.1. The molecular weight excluding hydrogens is 576 g/mol. The summed E-state index contributed by atoms with van der Waals surface area (Å²) in [5.41, 5.74) is 6.05. The fourth-order valence-corrected chi connectivity index (χ4v) is 8.48. The van der Waals surface area contributed by atoms with E-state index < -0.39 is 0 Å². The Labute approximate surface area is 275 Å². The van der Waals surface area contributed by atoms with E-state index in [0.29, 0.717) is 18.2 Å². The maximum absolute atomic E-state index is 14.0. The van der Waals surface area contributed by atoms with Crippen LogP contribution in [0.4, 0.5) is 5.69 Å². The van der Waals surface area contributed by atoms with E-state index in [4.69, 9.17) is 9.47 Å². The predicted octanol–water partition coefficient (Wildman–Crippen LogP) is 5.93. The number of carbonyl (C=O) groups is 2. The van der Waals surface area contributed by atoms with E-state index in [0.717, 1.165) is 94.1 Å². The molecule has 3 unspecified atom stereocenters. The van der Waals surface area contributed by atoms with E-state index in [2.05, 4.69) is 65.0 Å². The molecule has 3 heterocycles. The Morgan fingerprint density at radius 2 is 1.61 bits per heavy atom. The van der Waals surface area contributed by atoms with E-state index in [9.17, 15) is 9.59 Å². The van der Waals surface area contributed by atoms with Gasteiger partial charge >= 0.3 is 0 Å². The number of hydrogen-bond acceptors (Lipinski definition) is 6. The second-order valence-corrected chi connectivity index (χ2v) is 14.3. The van der Waals surface area contributed by atoms with Crippen molar-refractivity contribution in [3.05, 3.63) is 53.1 Å². The normalized spacial score (nSPS) is 25.9. The zero-order valence-electron chi connectivity index (χ0n) is 28.2. The van der Waals surface area contributed by atoms with E-state index in [-0.39, 0.29) is 35.1 Å². The number of hydrogen-bond donors (Lipinski definition) is 3. The van der Waals surface area contributed by atoms with E-state index >= 15 is 0 Å². The Bertz CT molecular complexity index is 1340. The van der Waals surface area contributed by atoms with Crippen LogP contribution in [0.2, 0.25) is 0 Å². The molecule has 1 saturated carbocycles. The van der Waals surface area contributed by atoms with Gasteiger partial charge in [-0.15, -0.1) is 0 Å². The molecule has 3 atom stereocenters. The fraction of sp³-hybridized carbons (Fsp3) is 0.632. The van der Waals surface area contributed by atoms with Gasteiger partial charge in [-0.1, -0.05) is 56.9 Å². The van der Waals surface area contributed by atoms with Crippen LogP contribution in [0, 0.1) is 24.2 Å². The molecule has 2 amide bonds. The molecule has 4 fully saturated rings. The molecule has 8 nitrogen and oxygen atoms in total. The van der Waals surface area contributed by atoms with Gasteiger partial charge in [0.2, 0.25) is 5.91 Å². The molecule has 1 aliphatic carbocycles. The van der Waals surface area contributed by atoms with Gasteiger partial charge in [-0.05, 0) is 85.3 Å². The average molecular weight is 631 g/mol. The van der Waals surface area contributed by atoms with Crippen LogP contribution in [0.3, 0.4) is 0 Å². The molecule has 2 aromatic rings. The van der Waals surface area contributed by atoms with Crippen molar-refractivity contribution in [1.29, 1.82) is 0 Å². The molecule has 1 spiro atoms. The summed E-state index contributed by atoms with van der Waals surface area (Å²) in [7, 11) is 0. The Balaban J connectivity index is 1.22. The molecule has 6 rings (SSSR count). The first kappa shape index (κ1) is 33.0. The van der Waals surface area contributed by atoms with Crippen LogP contribution < -0.4 is 16.0 Å². The van der Waals surface area contributed by atoms with E-state index in [1.165, 1.54) is 31.2 Å². The SMILES string of the molecule is Cc1c(NC2CCOCC2)cc(-c2ccc(CN3CCOCC3)cc2)cc1C(=O)NCC1C(=O)NC(C)C2(CCCCCC2)C1C. The van der Waals surface area contributed by atoms with Gasteiger partial charge in [0.05, 0.1) is 19.1 Å². The molecule has 8 heteroatoms. The number of carbonyl (C=O) groups excluding carboxylic acids is 2. The molecule has 250 valence electrons. The number of rotatable bonds is 8. The summed E-state index contributed by atoms with van der Waals surface area (Å²) in [6.07, 6.45) is 9.15. The maximum atomic E-state index is 14.0. The number of anilines is 1. The highest BCUT2D eigenvalue weighted by molar-refractivity contribution is 5.99. The number of nitrogens with one attached hydrogen (secondary N) is 3. The van der Waals surface area contributed by atoms with Crippen LogP contribution in [0.25, 0.3) is 11.1 Å². The Hall–Kier alpha value is -2.94. The Morgan fingerprint density at radius 3 is 2.30 bits per heavy atom. The first-order valence-electron chi connectivity index (χ1n) is 17.8. The number of nitrogens with zero attached hydrogens (tertiary/aromatic N) is 1. The van der Waals surface area contributed by atoms with Crippen molar-refractivity contribution >= 4 is 17.5 Å².